The maximum Gasteiger partial charge on any atom is 0.175 e. The van der Waals surface area contributed by atoms with Crippen molar-refractivity contribution in [3.05, 3.63) is 16.4 Å². The SMILES string of the molecule is CN(c1cc(Cl)nnc1Cl)C1CCS(=O)(=O)C1. The molecule has 2 rings (SSSR count). The normalized spacial score (nSPS) is 22.6. The third kappa shape index (κ3) is 2.81. The fourth-order valence-electron chi connectivity index (χ4n) is 1.87. The Balaban J connectivity index is 2.26. The third-order valence-corrected chi connectivity index (χ3v) is 5.04. The predicted molar refractivity (Wildman–Crippen MR) is 67.5 cm³/mol. The Kier molecular flexibility index (Phi) is 3.47. The lowest BCUT2D eigenvalue weighted by Crippen LogP contribution is -2.32. The molecule has 2 heterocycles. The summed E-state index contributed by atoms with van der Waals surface area (Å²) in [6, 6.07) is 1.50. The van der Waals surface area contributed by atoms with E-state index in [1.54, 1.807) is 18.0 Å². The number of anilines is 1. The van der Waals surface area contributed by atoms with E-state index in [-0.39, 0.29) is 27.9 Å². The standard InChI is InChI=1S/C9H11Cl2N3O2S/c1-14(6-2-3-17(15,16)5-6)7-4-8(10)12-13-9(7)11/h4,6H,2-3,5H2,1H3. The highest BCUT2D eigenvalue weighted by molar-refractivity contribution is 7.91. The fourth-order valence-corrected chi connectivity index (χ4v) is 4.01. The highest BCUT2D eigenvalue weighted by Crippen LogP contribution is 2.28. The van der Waals surface area contributed by atoms with Crippen LogP contribution in [0.15, 0.2) is 6.07 Å². The van der Waals surface area contributed by atoms with Gasteiger partial charge in [0.25, 0.3) is 0 Å². The summed E-state index contributed by atoms with van der Waals surface area (Å²) in [5.74, 6) is 0.353. The van der Waals surface area contributed by atoms with Crippen LogP contribution in [0.3, 0.4) is 0 Å². The molecule has 17 heavy (non-hydrogen) atoms. The van der Waals surface area contributed by atoms with E-state index in [9.17, 15) is 8.42 Å². The van der Waals surface area contributed by atoms with Gasteiger partial charge in [-0.2, -0.15) is 0 Å². The van der Waals surface area contributed by atoms with Crippen LogP contribution in [0.25, 0.3) is 0 Å². The maximum absolute atomic E-state index is 11.4. The molecule has 0 aromatic carbocycles. The largest absolute Gasteiger partial charge is 0.368 e. The average molecular weight is 296 g/mol. The van der Waals surface area contributed by atoms with Crippen LogP contribution >= 0.6 is 23.2 Å². The van der Waals surface area contributed by atoms with E-state index in [2.05, 4.69) is 10.2 Å². The van der Waals surface area contributed by atoms with Gasteiger partial charge in [0.05, 0.1) is 17.2 Å². The van der Waals surface area contributed by atoms with Crippen molar-refractivity contribution < 1.29 is 8.42 Å². The van der Waals surface area contributed by atoms with Gasteiger partial charge in [-0.05, 0) is 6.42 Å². The van der Waals surface area contributed by atoms with Crippen LogP contribution in [0.1, 0.15) is 6.42 Å². The summed E-state index contributed by atoms with van der Waals surface area (Å²) in [4.78, 5) is 1.80. The Morgan fingerprint density at radius 3 is 2.71 bits per heavy atom. The van der Waals surface area contributed by atoms with Gasteiger partial charge in [-0.1, -0.05) is 23.2 Å². The van der Waals surface area contributed by atoms with Crippen LogP contribution in [0.4, 0.5) is 5.69 Å². The van der Waals surface area contributed by atoms with Crippen LogP contribution in [-0.2, 0) is 9.84 Å². The highest BCUT2D eigenvalue weighted by Gasteiger charge is 2.31. The van der Waals surface area contributed by atoms with E-state index < -0.39 is 9.84 Å². The van der Waals surface area contributed by atoms with Gasteiger partial charge in [-0.25, -0.2) is 8.42 Å². The van der Waals surface area contributed by atoms with Gasteiger partial charge in [0.2, 0.25) is 0 Å². The van der Waals surface area contributed by atoms with Crippen molar-refractivity contribution in [1.29, 1.82) is 0 Å². The van der Waals surface area contributed by atoms with Crippen LogP contribution in [0.5, 0.6) is 0 Å². The summed E-state index contributed by atoms with van der Waals surface area (Å²) in [5.41, 5.74) is 0.605. The lowest BCUT2D eigenvalue weighted by molar-refractivity contribution is 0.601. The monoisotopic (exact) mass is 295 g/mol. The van der Waals surface area contributed by atoms with Crippen LogP contribution in [0.2, 0.25) is 10.3 Å². The van der Waals surface area contributed by atoms with Gasteiger partial charge in [0.15, 0.2) is 20.1 Å². The molecule has 1 aliphatic rings. The number of nitrogens with zero attached hydrogens (tertiary/aromatic N) is 3. The first kappa shape index (κ1) is 12.9. The molecule has 1 unspecified atom stereocenters. The minimum atomic E-state index is -2.93. The molecule has 8 heteroatoms. The second-order valence-electron chi connectivity index (χ2n) is 4.01. The lowest BCUT2D eigenvalue weighted by Gasteiger charge is -2.25. The molecular weight excluding hydrogens is 285 g/mol. The van der Waals surface area contributed by atoms with Crippen molar-refractivity contribution in [2.45, 2.75) is 12.5 Å². The summed E-state index contributed by atoms with van der Waals surface area (Å²) in [6.45, 7) is 0. The van der Waals surface area contributed by atoms with E-state index in [4.69, 9.17) is 23.2 Å². The number of halogens is 2. The summed E-state index contributed by atoms with van der Waals surface area (Å²) < 4.78 is 22.8. The molecule has 5 nitrogen and oxygen atoms in total. The Morgan fingerprint density at radius 2 is 2.12 bits per heavy atom. The molecule has 0 spiro atoms. The highest BCUT2D eigenvalue weighted by atomic mass is 35.5. The van der Waals surface area contributed by atoms with E-state index in [0.717, 1.165) is 0 Å². The summed E-state index contributed by atoms with van der Waals surface area (Å²) in [6.07, 6.45) is 0.592. The molecule has 94 valence electrons. The molecular formula is C9H11Cl2N3O2S. The number of rotatable bonds is 2. The van der Waals surface area contributed by atoms with E-state index >= 15 is 0 Å². The first-order valence-corrected chi connectivity index (χ1v) is 7.59. The third-order valence-electron chi connectivity index (χ3n) is 2.84. The van der Waals surface area contributed by atoms with Crippen LogP contribution < -0.4 is 4.90 Å². The lowest BCUT2D eigenvalue weighted by atomic mass is 10.2. The topological polar surface area (TPSA) is 63.2 Å². The molecule has 1 saturated heterocycles. The zero-order valence-corrected chi connectivity index (χ0v) is 11.4. The Labute approximate surface area is 110 Å². The minimum Gasteiger partial charge on any atom is -0.368 e. The van der Waals surface area contributed by atoms with Crippen molar-refractivity contribution in [1.82, 2.24) is 10.2 Å². The van der Waals surface area contributed by atoms with Crippen molar-refractivity contribution >= 4 is 38.7 Å². The predicted octanol–water partition coefficient (Wildman–Crippen LogP) is 1.41. The Bertz CT molecular complexity index is 535. The van der Waals surface area contributed by atoms with Gasteiger partial charge in [-0.3, -0.25) is 0 Å². The van der Waals surface area contributed by atoms with Crippen LogP contribution in [0, 0.1) is 0 Å². The van der Waals surface area contributed by atoms with Crippen molar-refractivity contribution in [3.8, 4) is 0 Å². The number of sulfone groups is 1. The number of hydrogen-bond donors (Lipinski definition) is 0. The fraction of sp³-hybridized carbons (Fsp3) is 0.556. The van der Waals surface area contributed by atoms with Crippen molar-refractivity contribution in [2.75, 3.05) is 23.5 Å². The zero-order chi connectivity index (χ0) is 12.6. The Hall–Kier alpha value is -0.590. The molecule has 1 aliphatic heterocycles. The number of hydrogen-bond acceptors (Lipinski definition) is 5. The molecule has 0 amide bonds. The second kappa shape index (κ2) is 4.59. The van der Waals surface area contributed by atoms with Gasteiger partial charge >= 0.3 is 0 Å². The summed E-state index contributed by atoms with van der Waals surface area (Å²) >= 11 is 11.7. The van der Waals surface area contributed by atoms with Gasteiger partial charge in [-0.15, -0.1) is 10.2 Å². The molecule has 0 bridgehead atoms. The molecule has 0 aliphatic carbocycles. The molecule has 1 fully saturated rings. The molecule has 1 aromatic heterocycles. The molecule has 1 aromatic rings. The smallest absolute Gasteiger partial charge is 0.175 e. The first-order chi connectivity index (χ1) is 7.89. The quantitative estimate of drug-likeness (QED) is 0.825. The molecule has 1 atom stereocenters. The van der Waals surface area contributed by atoms with Crippen LogP contribution in [-0.4, -0.2) is 43.2 Å². The van der Waals surface area contributed by atoms with E-state index in [1.165, 1.54) is 0 Å². The van der Waals surface area contributed by atoms with E-state index in [0.29, 0.717) is 12.1 Å². The van der Waals surface area contributed by atoms with Crippen molar-refractivity contribution in [2.24, 2.45) is 0 Å². The maximum atomic E-state index is 11.4. The molecule has 0 N–H and O–H groups in total. The first-order valence-electron chi connectivity index (χ1n) is 5.01. The van der Waals surface area contributed by atoms with E-state index in [1.807, 2.05) is 0 Å². The van der Waals surface area contributed by atoms with Crippen molar-refractivity contribution in [3.63, 3.8) is 0 Å². The van der Waals surface area contributed by atoms with Gasteiger partial charge < -0.3 is 4.90 Å². The molecule has 0 radical (unpaired) electrons. The minimum absolute atomic E-state index is 0.0854. The summed E-state index contributed by atoms with van der Waals surface area (Å²) in [5, 5.41) is 7.77. The molecule has 0 saturated carbocycles. The Morgan fingerprint density at radius 1 is 1.41 bits per heavy atom. The summed E-state index contributed by atoms with van der Waals surface area (Å²) in [7, 11) is -1.14. The average Bonchev–Trinajstić information content (AvgIpc) is 2.61. The van der Waals surface area contributed by atoms with Gasteiger partial charge in [0, 0.05) is 19.2 Å². The number of aromatic nitrogens is 2. The van der Waals surface area contributed by atoms with Gasteiger partial charge in [0.1, 0.15) is 0 Å². The second-order valence-corrected chi connectivity index (χ2v) is 6.98. The zero-order valence-electron chi connectivity index (χ0n) is 9.10.